The van der Waals surface area contributed by atoms with Crippen molar-refractivity contribution < 1.29 is 14.0 Å². The molecule has 2 amide bonds. The molecule has 1 aliphatic carbocycles. The molecule has 2 aromatic carbocycles. The Kier molecular flexibility index (Phi) is 5.18. The first-order valence-corrected chi connectivity index (χ1v) is 8.90. The Hall–Kier alpha value is -2.21. The van der Waals surface area contributed by atoms with Crippen molar-refractivity contribution in [3.8, 4) is 0 Å². The molecule has 2 N–H and O–H groups in total. The number of carbonyl (C=O) groups excluding carboxylic acids is 2. The van der Waals surface area contributed by atoms with Gasteiger partial charge in [-0.2, -0.15) is 0 Å². The van der Waals surface area contributed by atoms with Crippen LogP contribution in [0.2, 0.25) is 0 Å². The maximum Gasteiger partial charge on any atom is 0.252 e. The zero-order chi connectivity index (χ0) is 18.0. The summed E-state index contributed by atoms with van der Waals surface area (Å²) in [6, 6.07) is 11.1. The van der Waals surface area contributed by atoms with Crippen molar-refractivity contribution >= 4 is 33.4 Å². The number of hydrogen-bond acceptors (Lipinski definition) is 2. The summed E-state index contributed by atoms with van der Waals surface area (Å²) >= 11 is 3.20. The third kappa shape index (κ3) is 4.45. The summed E-state index contributed by atoms with van der Waals surface area (Å²) in [5.74, 6) is -0.465. The van der Waals surface area contributed by atoms with E-state index in [4.69, 9.17) is 0 Å². The van der Waals surface area contributed by atoms with Crippen LogP contribution in [0.3, 0.4) is 0 Å². The monoisotopic (exact) mass is 404 g/mol. The van der Waals surface area contributed by atoms with Crippen LogP contribution in [-0.2, 0) is 4.79 Å². The molecule has 0 saturated heterocycles. The lowest BCUT2D eigenvalue weighted by molar-refractivity contribution is -0.117. The van der Waals surface area contributed by atoms with Crippen LogP contribution in [0.1, 0.15) is 41.7 Å². The molecule has 0 heterocycles. The molecule has 0 aliphatic heterocycles. The van der Waals surface area contributed by atoms with E-state index in [0.29, 0.717) is 10.0 Å². The zero-order valence-corrected chi connectivity index (χ0v) is 15.3. The van der Waals surface area contributed by atoms with E-state index in [1.54, 1.807) is 0 Å². The Labute approximate surface area is 153 Å². The first-order valence-electron chi connectivity index (χ1n) is 8.11. The van der Waals surface area contributed by atoms with Crippen LogP contribution >= 0.6 is 15.9 Å². The third-order valence-corrected chi connectivity index (χ3v) is 4.81. The molecular formula is C19H18BrFN2O2. The molecule has 6 heteroatoms. The molecule has 2 aromatic rings. The fourth-order valence-corrected chi connectivity index (χ4v) is 3.01. The van der Waals surface area contributed by atoms with E-state index < -0.39 is 5.82 Å². The van der Waals surface area contributed by atoms with Crippen molar-refractivity contribution in [2.75, 3.05) is 5.32 Å². The van der Waals surface area contributed by atoms with Crippen molar-refractivity contribution in [3.63, 3.8) is 0 Å². The average molecular weight is 405 g/mol. The molecule has 1 atom stereocenters. The van der Waals surface area contributed by atoms with Crippen LogP contribution in [0.5, 0.6) is 0 Å². The Morgan fingerprint density at radius 3 is 2.44 bits per heavy atom. The molecule has 0 aromatic heterocycles. The minimum absolute atomic E-state index is 0.0651. The molecular weight excluding hydrogens is 387 g/mol. The second-order valence-corrected chi connectivity index (χ2v) is 7.06. The normalized spacial score (nSPS) is 14.7. The minimum Gasteiger partial charge on any atom is -0.345 e. The molecule has 130 valence electrons. The van der Waals surface area contributed by atoms with Gasteiger partial charge in [-0.1, -0.05) is 12.1 Å². The number of amides is 2. The van der Waals surface area contributed by atoms with Crippen molar-refractivity contribution in [2.24, 2.45) is 5.92 Å². The van der Waals surface area contributed by atoms with Gasteiger partial charge in [-0.05, 0) is 71.6 Å². The van der Waals surface area contributed by atoms with Gasteiger partial charge in [0, 0.05) is 16.1 Å². The maximum atomic E-state index is 13.1. The summed E-state index contributed by atoms with van der Waals surface area (Å²) in [5.41, 5.74) is 2.04. The van der Waals surface area contributed by atoms with Gasteiger partial charge in [0.25, 0.3) is 5.91 Å². The van der Waals surface area contributed by atoms with Gasteiger partial charge in [0.15, 0.2) is 0 Å². The number of anilines is 1. The Morgan fingerprint density at radius 1 is 1.16 bits per heavy atom. The van der Waals surface area contributed by atoms with Crippen molar-refractivity contribution in [2.45, 2.75) is 25.8 Å². The minimum atomic E-state index is -0.402. The quantitative estimate of drug-likeness (QED) is 0.774. The number of nitrogens with one attached hydrogen (secondary N) is 2. The lowest BCUT2D eigenvalue weighted by Crippen LogP contribution is -2.27. The fraction of sp³-hybridized carbons (Fsp3) is 0.263. The number of benzene rings is 2. The topological polar surface area (TPSA) is 58.2 Å². The van der Waals surface area contributed by atoms with Crippen LogP contribution < -0.4 is 10.6 Å². The van der Waals surface area contributed by atoms with Gasteiger partial charge in [-0.15, -0.1) is 0 Å². The maximum absolute atomic E-state index is 13.1. The molecule has 1 saturated carbocycles. The summed E-state index contributed by atoms with van der Waals surface area (Å²) in [6.07, 6.45) is 1.93. The van der Waals surface area contributed by atoms with Crippen molar-refractivity contribution in [1.82, 2.24) is 5.32 Å². The van der Waals surface area contributed by atoms with E-state index >= 15 is 0 Å². The van der Waals surface area contributed by atoms with Crippen LogP contribution in [0.15, 0.2) is 46.9 Å². The molecule has 1 fully saturated rings. The highest BCUT2D eigenvalue weighted by Crippen LogP contribution is 2.30. The van der Waals surface area contributed by atoms with E-state index in [-0.39, 0.29) is 23.8 Å². The van der Waals surface area contributed by atoms with Gasteiger partial charge in [0.2, 0.25) is 5.91 Å². The third-order valence-electron chi connectivity index (χ3n) is 4.15. The van der Waals surface area contributed by atoms with Crippen LogP contribution in [0, 0.1) is 11.7 Å². The molecule has 0 radical (unpaired) electrons. The lowest BCUT2D eigenvalue weighted by atomic mass is 10.1. The number of carbonyl (C=O) groups is 2. The van der Waals surface area contributed by atoms with Gasteiger partial charge < -0.3 is 10.6 Å². The highest BCUT2D eigenvalue weighted by atomic mass is 79.9. The molecule has 25 heavy (non-hydrogen) atoms. The second kappa shape index (κ2) is 7.35. The van der Waals surface area contributed by atoms with E-state index in [2.05, 4.69) is 26.6 Å². The summed E-state index contributed by atoms with van der Waals surface area (Å²) in [4.78, 5) is 24.1. The summed E-state index contributed by atoms with van der Waals surface area (Å²) in [6.45, 7) is 1.87. The average Bonchev–Trinajstić information content (AvgIpc) is 3.40. The van der Waals surface area contributed by atoms with Gasteiger partial charge in [-0.3, -0.25) is 9.59 Å². The van der Waals surface area contributed by atoms with E-state index in [1.807, 2.05) is 31.2 Å². The molecule has 3 rings (SSSR count). The second-order valence-electron chi connectivity index (χ2n) is 6.20. The molecule has 1 aliphatic rings. The predicted molar refractivity (Wildman–Crippen MR) is 97.8 cm³/mol. The predicted octanol–water partition coefficient (Wildman–Crippen LogP) is 4.43. The molecule has 0 spiro atoms. The lowest BCUT2D eigenvalue weighted by Gasteiger charge is -2.16. The SMILES string of the molecule is CC(NC(=O)c1ccc(F)cc1Br)c1ccc(NC(=O)C2CC2)cc1. The van der Waals surface area contributed by atoms with E-state index in [0.717, 1.165) is 24.1 Å². The number of rotatable bonds is 5. The first-order chi connectivity index (χ1) is 11.9. The van der Waals surface area contributed by atoms with E-state index in [9.17, 15) is 14.0 Å². The Bertz CT molecular complexity index is 804. The fourth-order valence-electron chi connectivity index (χ4n) is 2.48. The van der Waals surface area contributed by atoms with Crippen LogP contribution in [0.4, 0.5) is 10.1 Å². The highest BCUT2D eigenvalue weighted by Gasteiger charge is 2.29. The zero-order valence-electron chi connectivity index (χ0n) is 13.7. The van der Waals surface area contributed by atoms with Crippen molar-refractivity contribution in [1.29, 1.82) is 0 Å². The number of halogens is 2. The van der Waals surface area contributed by atoms with E-state index in [1.165, 1.54) is 18.2 Å². The Morgan fingerprint density at radius 2 is 1.84 bits per heavy atom. The van der Waals surface area contributed by atoms with Crippen molar-refractivity contribution in [3.05, 3.63) is 63.9 Å². The van der Waals surface area contributed by atoms with Crippen LogP contribution in [0.25, 0.3) is 0 Å². The molecule has 0 bridgehead atoms. The summed E-state index contributed by atoms with van der Waals surface area (Å²) < 4.78 is 13.5. The highest BCUT2D eigenvalue weighted by molar-refractivity contribution is 9.10. The number of hydrogen-bond donors (Lipinski definition) is 2. The smallest absolute Gasteiger partial charge is 0.252 e. The standard InChI is InChI=1S/C19H18BrFN2O2/c1-11(22-19(25)16-9-6-14(21)10-17(16)20)12-4-7-15(8-5-12)23-18(24)13-2-3-13/h4-11,13H,2-3H2,1H3,(H,22,25)(H,23,24). The Balaban J connectivity index is 1.63. The molecule has 1 unspecified atom stereocenters. The summed E-state index contributed by atoms with van der Waals surface area (Å²) in [7, 11) is 0. The first kappa shape index (κ1) is 17.6. The van der Waals surface area contributed by atoms with Gasteiger partial charge in [-0.25, -0.2) is 4.39 Å². The van der Waals surface area contributed by atoms with Gasteiger partial charge in [0.05, 0.1) is 11.6 Å². The van der Waals surface area contributed by atoms with Crippen LogP contribution in [-0.4, -0.2) is 11.8 Å². The molecule has 4 nitrogen and oxygen atoms in total. The summed E-state index contributed by atoms with van der Waals surface area (Å²) in [5, 5.41) is 5.76. The van der Waals surface area contributed by atoms with Gasteiger partial charge in [0.1, 0.15) is 5.82 Å². The van der Waals surface area contributed by atoms with Gasteiger partial charge >= 0.3 is 0 Å². The largest absolute Gasteiger partial charge is 0.345 e.